The minimum absolute atomic E-state index is 0.129. The molecule has 160 valence electrons. The number of nitrogens with zero attached hydrogens (tertiary/aromatic N) is 4. The molecule has 0 saturated heterocycles. The highest BCUT2D eigenvalue weighted by atomic mass is 19.1. The van der Waals surface area contributed by atoms with Crippen LogP contribution in [0, 0.1) is 5.82 Å². The first-order valence-corrected chi connectivity index (χ1v) is 9.90. The Morgan fingerprint density at radius 1 is 1.32 bits per heavy atom. The van der Waals surface area contributed by atoms with E-state index in [0.29, 0.717) is 46.7 Å². The Morgan fingerprint density at radius 2 is 2.13 bits per heavy atom. The molecule has 9 heteroatoms. The summed E-state index contributed by atoms with van der Waals surface area (Å²) in [7, 11) is 1.66. The molecule has 4 rings (SSSR count). The molecular formula is C22H23FN6O2. The van der Waals surface area contributed by atoms with Crippen LogP contribution in [0.1, 0.15) is 42.5 Å². The quantitative estimate of drug-likeness (QED) is 0.606. The number of allylic oxidation sites excluding steroid dienone is 1. The molecule has 0 saturated carbocycles. The molecule has 0 amide bonds. The average Bonchev–Trinajstić information content (AvgIpc) is 3.16. The standard InChI is InChI=1S/C22H23FN6O2/c1-4-16-19-17-10-27-21(25)22(28-17)30-11(2)15-8-13(23)5-6-14(15)20(24)12(9-26-3)7-18(19)31-29-16/h5-6,8-11H,4,7,24H2,1-3H3,(H2,25,27)/t11-/m1/s1. The molecule has 3 aromatic rings. The van der Waals surface area contributed by atoms with Gasteiger partial charge in [-0.2, -0.15) is 0 Å². The molecule has 1 aromatic carbocycles. The predicted molar refractivity (Wildman–Crippen MR) is 116 cm³/mol. The molecule has 1 atom stereocenters. The third-order valence-electron chi connectivity index (χ3n) is 5.20. The zero-order chi connectivity index (χ0) is 22.1. The van der Waals surface area contributed by atoms with E-state index in [4.69, 9.17) is 20.7 Å². The van der Waals surface area contributed by atoms with Crippen molar-refractivity contribution in [3.05, 3.63) is 58.4 Å². The number of anilines is 1. The van der Waals surface area contributed by atoms with Crippen LogP contribution in [-0.2, 0) is 12.8 Å². The van der Waals surface area contributed by atoms with Gasteiger partial charge >= 0.3 is 0 Å². The normalized spacial score (nSPS) is 16.3. The summed E-state index contributed by atoms with van der Waals surface area (Å²) in [6.07, 6.45) is 3.58. The Kier molecular flexibility index (Phi) is 5.41. The van der Waals surface area contributed by atoms with Gasteiger partial charge < -0.3 is 20.7 Å². The van der Waals surface area contributed by atoms with Gasteiger partial charge in [0.1, 0.15) is 11.9 Å². The predicted octanol–water partition coefficient (Wildman–Crippen LogP) is 3.48. The van der Waals surface area contributed by atoms with Crippen LogP contribution in [0.4, 0.5) is 10.2 Å². The molecule has 0 spiro atoms. The number of hydrogen-bond acceptors (Lipinski definition) is 8. The van der Waals surface area contributed by atoms with Gasteiger partial charge in [0.2, 0.25) is 0 Å². The van der Waals surface area contributed by atoms with Crippen molar-refractivity contribution in [1.29, 1.82) is 0 Å². The van der Waals surface area contributed by atoms with Crippen molar-refractivity contribution < 1.29 is 13.7 Å². The monoisotopic (exact) mass is 422 g/mol. The molecule has 31 heavy (non-hydrogen) atoms. The van der Waals surface area contributed by atoms with E-state index < -0.39 is 11.9 Å². The maximum absolute atomic E-state index is 14.1. The minimum atomic E-state index is -0.595. The van der Waals surface area contributed by atoms with E-state index in [-0.39, 0.29) is 11.7 Å². The van der Waals surface area contributed by atoms with Crippen molar-refractivity contribution in [3.8, 4) is 17.1 Å². The van der Waals surface area contributed by atoms with Crippen LogP contribution in [0.2, 0.25) is 0 Å². The van der Waals surface area contributed by atoms with E-state index in [9.17, 15) is 4.39 Å². The smallest absolute Gasteiger partial charge is 0.258 e. The number of nitrogen functional groups attached to an aromatic ring is 1. The van der Waals surface area contributed by atoms with E-state index in [0.717, 1.165) is 11.3 Å². The molecule has 4 N–H and O–H groups in total. The summed E-state index contributed by atoms with van der Waals surface area (Å²) in [5.74, 6) is 0.437. The Hall–Kier alpha value is -3.75. The van der Waals surface area contributed by atoms with Gasteiger partial charge in [0.25, 0.3) is 5.88 Å². The Morgan fingerprint density at radius 3 is 2.87 bits per heavy atom. The van der Waals surface area contributed by atoms with Crippen molar-refractivity contribution in [1.82, 2.24) is 15.1 Å². The number of ether oxygens (including phenoxy) is 1. The topological polar surface area (TPSA) is 125 Å². The first-order valence-electron chi connectivity index (χ1n) is 9.90. The van der Waals surface area contributed by atoms with Gasteiger partial charge in [-0.1, -0.05) is 12.1 Å². The van der Waals surface area contributed by atoms with Gasteiger partial charge in [0.05, 0.1) is 23.1 Å². The maximum Gasteiger partial charge on any atom is 0.258 e. The highest BCUT2D eigenvalue weighted by Gasteiger charge is 2.25. The fraction of sp³-hybridized carbons (Fsp3) is 0.273. The van der Waals surface area contributed by atoms with Crippen LogP contribution in [-0.4, -0.2) is 28.4 Å². The van der Waals surface area contributed by atoms with Crippen molar-refractivity contribution in [3.63, 3.8) is 0 Å². The fourth-order valence-electron chi connectivity index (χ4n) is 3.66. The molecule has 3 heterocycles. The third-order valence-corrected chi connectivity index (χ3v) is 5.20. The molecule has 8 nitrogen and oxygen atoms in total. The van der Waals surface area contributed by atoms with Crippen LogP contribution >= 0.6 is 0 Å². The van der Waals surface area contributed by atoms with Crippen LogP contribution in [0.25, 0.3) is 17.0 Å². The summed E-state index contributed by atoms with van der Waals surface area (Å²) in [5.41, 5.74) is 16.9. The van der Waals surface area contributed by atoms with Crippen LogP contribution in [0.5, 0.6) is 5.88 Å². The largest absolute Gasteiger partial charge is 0.467 e. The summed E-state index contributed by atoms with van der Waals surface area (Å²) in [6.45, 7) is 3.75. The first-order chi connectivity index (χ1) is 14.9. The van der Waals surface area contributed by atoms with E-state index in [1.165, 1.54) is 12.1 Å². The lowest BCUT2D eigenvalue weighted by Gasteiger charge is -2.21. The Balaban J connectivity index is 2.03. The van der Waals surface area contributed by atoms with Gasteiger partial charge in [-0.3, -0.25) is 4.99 Å². The number of aromatic nitrogens is 3. The Labute approximate surface area is 178 Å². The van der Waals surface area contributed by atoms with Crippen molar-refractivity contribution in [2.75, 3.05) is 12.8 Å². The molecule has 0 aliphatic carbocycles. The number of rotatable bonds is 2. The lowest BCUT2D eigenvalue weighted by molar-refractivity contribution is 0.217. The molecule has 2 bridgehead atoms. The summed E-state index contributed by atoms with van der Waals surface area (Å²) in [6, 6.07) is 4.37. The summed E-state index contributed by atoms with van der Waals surface area (Å²) in [5, 5.41) is 4.20. The van der Waals surface area contributed by atoms with Crippen molar-refractivity contribution >= 4 is 17.7 Å². The highest BCUT2D eigenvalue weighted by Crippen LogP contribution is 2.35. The second-order valence-corrected chi connectivity index (χ2v) is 7.22. The average molecular weight is 422 g/mol. The SMILES string of the molecule is CCc1noc2c1-c1cnc(N)c(n1)O[C@H](C)c1cc(F)ccc1C(N)=C(C=NC)C2. The lowest BCUT2D eigenvalue weighted by atomic mass is 9.95. The molecule has 1 aliphatic heterocycles. The molecule has 0 radical (unpaired) electrons. The lowest BCUT2D eigenvalue weighted by Crippen LogP contribution is -2.14. The van der Waals surface area contributed by atoms with Crippen LogP contribution in [0.3, 0.4) is 0 Å². The van der Waals surface area contributed by atoms with Gasteiger partial charge in [-0.25, -0.2) is 14.4 Å². The van der Waals surface area contributed by atoms with Crippen LogP contribution in [0.15, 0.2) is 39.5 Å². The van der Waals surface area contributed by atoms with Gasteiger partial charge in [-0.05, 0) is 31.5 Å². The number of fused-ring (bicyclic) bond motifs is 5. The summed E-state index contributed by atoms with van der Waals surface area (Å²) >= 11 is 0. The van der Waals surface area contributed by atoms with E-state index in [2.05, 4.69) is 20.1 Å². The second-order valence-electron chi connectivity index (χ2n) is 7.22. The number of benzene rings is 1. The van der Waals surface area contributed by atoms with Crippen LogP contribution < -0.4 is 16.2 Å². The summed E-state index contributed by atoms with van der Waals surface area (Å²) < 4.78 is 25.8. The second kappa shape index (κ2) is 8.17. The number of nitrogens with two attached hydrogens (primary N) is 2. The van der Waals surface area contributed by atoms with E-state index >= 15 is 0 Å². The molecule has 1 aliphatic rings. The van der Waals surface area contributed by atoms with Crippen molar-refractivity contribution in [2.24, 2.45) is 10.7 Å². The number of halogens is 1. The number of aryl methyl sites for hydroxylation is 1. The Bertz CT molecular complexity index is 1200. The molecule has 0 unspecified atom stereocenters. The van der Waals surface area contributed by atoms with E-state index in [1.54, 1.807) is 32.4 Å². The van der Waals surface area contributed by atoms with E-state index in [1.807, 2.05) is 6.92 Å². The molecule has 0 fully saturated rings. The number of aliphatic imine (C=N–C) groups is 1. The number of hydrogen-bond donors (Lipinski definition) is 2. The molecule has 2 aromatic heterocycles. The summed E-state index contributed by atoms with van der Waals surface area (Å²) in [4.78, 5) is 13.0. The first kappa shape index (κ1) is 20.5. The maximum atomic E-state index is 14.1. The zero-order valence-corrected chi connectivity index (χ0v) is 17.5. The van der Waals surface area contributed by atoms with Gasteiger partial charge in [-0.15, -0.1) is 0 Å². The third kappa shape index (κ3) is 3.74. The zero-order valence-electron chi connectivity index (χ0n) is 17.5. The fourth-order valence-corrected chi connectivity index (χ4v) is 3.66. The van der Waals surface area contributed by atoms with Gasteiger partial charge in [0.15, 0.2) is 11.6 Å². The minimum Gasteiger partial charge on any atom is -0.467 e. The highest BCUT2D eigenvalue weighted by molar-refractivity contribution is 5.91. The van der Waals surface area contributed by atoms with Gasteiger partial charge in [0, 0.05) is 42.1 Å². The molecular weight excluding hydrogens is 399 g/mol. The van der Waals surface area contributed by atoms with Crippen molar-refractivity contribution in [2.45, 2.75) is 32.8 Å².